The zero-order valence-corrected chi connectivity index (χ0v) is 12.9. The van der Waals surface area contributed by atoms with Crippen LogP contribution >= 0.6 is 0 Å². The van der Waals surface area contributed by atoms with Gasteiger partial charge in [0.25, 0.3) is 5.91 Å². The standard InChI is InChI=1S/C17H24N2O2/c1-3-6-13(2)16(20)18-15-9-7-14(8-10-15)17(21)19-11-4-5-12-19/h7-10,13H,3-6,11-12H2,1-2H3,(H,18,20)/t13-/m1/s1. The fraction of sp³-hybridized carbons (Fsp3) is 0.529. The normalized spacial score (nSPS) is 15.8. The van der Waals surface area contributed by atoms with E-state index in [1.165, 1.54) is 0 Å². The summed E-state index contributed by atoms with van der Waals surface area (Å²) >= 11 is 0. The fourth-order valence-electron chi connectivity index (χ4n) is 2.63. The van der Waals surface area contributed by atoms with Gasteiger partial charge >= 0.3 is 0 Å². The van der Waals surface area contributed by atoms with E-state index in [9.17, 15) is 9.59 Å². The van der Waals surface area contributed by atoms with Gasteiger partial charge in [0.2, 0.25) is 5.91 Å². The summed E-state index contributed by atoms with van der Waals surface area (Å²) in [6.45, 7) is 5.71. The predicted molar refractivity (Wildman–Crippen MR) is 84.3 cm³/mol. The number of hydrogen-bond donors (Lipinski definition) is 1. The Labute approximate surface area is 126 Å². The van der Waals surface area contributed by atoms with Gasteiger partial charge < -0.3 is 10.2 Å². The van der Waals surface area contributed by atoms with E-state index in [-0.39, 0.29) is 17.7 Å². The van der Waals surface area contributed by atoms with E-state index in [1.807, 2.05) is 11.8 Å². The van der Waals surface area contributed by atoms with Crippen LogP contribution in [-0.4, -0.2) is 29.8 Å². The number of likely N-dealkylation sites (tertiary alicyclic amines) is 1. The van der Waals surface area contributed by atoms with Crippen molar-refractivity contribution in [2.45, 2.75) is 39.5 Å². The molecule has 0 spiro atoms. The summed E-state index contributed by atoms with van der Waals surface area (Å²) in [5.74, 6) is 0.140. The Bertz CT molecular complexity index is 490. The number of rotatable bonds is 5. The summed E-state index contributed by atoms with van der Waals surface area (Å²) in [5, 5.41) is 2.90. The first-order chi connectivity index (χ1) is 10.1. The number of carbonyl (C=O) groups excluding carboxylic acids is 2. The smallest absolute Gasteiger partial charge is 0.253 e. The summed E-state index contributed by atoms with van der Waals surface area (Å²) in [7, 11) is 0. The number of hydrogen-bond acceptors (Lipinski definition) is 2. The maximum Gasteiger partial charge on any atom is 0.253 e. The lowest BCUT2D eigenvalue weighted by molar-refractivity contribution is -0.119. The molecule has 0 bridgehead atoms. The van der Waals surface area contributed by atoms with Gasteiger partial charge in [-0.15, -0.1) is 0 Å². The second-order valence-corrected chi connectivity index (χ2v) is 5.76. The molecule has 0 radical (unpaired) electrons. The van der Waals surface area contributed by atoms with Crippen LogP contribution in [0.4, 0.5) is 5.69 Å². The molecule has 1 aliphatic rings. The molecule has 21 heavy (non-hydrogen) atoms. The monoisotopic (exact) mass is 288 g/mol. The zero-order valence-electron chi connectivity index (χ0n) is 12.9. The molecule has 1 atom stereocenters. The Morgan fingerprint density at radius 2 is 1.81 bits per heavy atom. The third-order valence-electron chi connectivity index (χ3n) is 3.96. The first-order valence-electron chi connectivity index (χ1n) is 7.82. The third-order valence-corrected chi connectivity index (χ3v) is 3.96. The average Bonchev–Trinajstić information content (AvgIpc) is 3.01. The summed E-state index contributed by atoms with van der Waals surface area (Å²) in [6.07, 6.45) is 4.07. The van der Waals surface area contributed by atoms with Crippen LogP contribution in [0.2, 0.25) is 0 Å². The van der Waals surface area contributed by atoms with E-state index < -0.39 is 0 Å². The van der Waals surface area contributed by atoms with Gasteiger partial charge in [0, 0.05) is 30.3 Å². The van der Waals surface area contributed by atoms with Crippen molar-refractivity contribution in [1.29, 1.82) is 0 Å². The number of carbonyl (C=O) groups is 2. The molecule has 114 valence electrons. The predicted octanol–water partition coefficient (Wildman–Crippen LogP) is 3.30. The highest BCUT2D eigenvalue weighted by atomic mass is 16.2. The molecule has 0 aromatic heterocycles. The molecular formula is C17H24N2O2. The van der Waals surface area contributed by atoms with Crippen molar-refractivity contribution in [1.82, 2.24) is 4.90 Å². The van der Waals surface area contributed by atoms with Gasteiger partial charge in [-0.2, -0.15) is 0 Å². The van der Waals surface area contributed by atoms with Crippen molar-refractivity contribution in [2.75, 3.05) is 18.4 Å². The molecule has 0 unspecified atom stereocenters. The Morgan fingerprint density at radius 1 is 1.19 bits per heavy atom. The number of anilines is 1. The van der Waals surface area contributed by atoms with Crippen LogP contribution in [0, 0.1) is 5.92 Å². The molecule has 1 fully saturated rings. The quantitative estimate of drug-likeness (QED) is 0.903. The van der Waals surface area contributed by atoms with Crippen molar-refractivity contribution in [2.24, 2.45) is 5.92 Å². The molecule has 4 nitrogen and oxygen atoms in total. The van der Waals surface area contributed by atoms with E-state index in [0.717, 1.165) is 44.5 Å². The molecule has 1 saturated heterocycles. The Kier molecular flexibility index (Phi) is 5.37. The first-order valence-corrected chi connectivity index (χ1v) is 7.82. The van der Waals surface area contributed by atoms with Gasteiger partial charge in [0.1, 0.15) is 0 Å². The number of nitrogens with one attached hydrogen (secondary N) is 1. The Morgan fingerprint density at radius 3 is 2.38 bits per heavy atom. The lowest BCUT2D eigenvalue weighted by atomic mass is 10.1. The lowest BCUT2D eigenvalue weighted by Crippen LogP contribution is -2.27. The molecule has 1 aromatic carbocycles. The van der Waals surface area contributed by atoms with Gasteiger partial charge in [-0.05, 0) is 43.5 Å². The molecular weight excluding hydrogens is 264 g/mol. The Balaban J connectivity index is 1.95. The van der Waals surface area contributed by atoms with Crippen LogP contribution in [0.5, 0.6) is 0 Å². The minimum atomic E-state index is 0.0147. The van der Waals surface area contributed by atoms with Crippen LogP contribution in [0.15, 0.2) is 24.3 Å². The van der Waals surface area contributed by atoms with Gasteiger partial charge in [-0.3, -0.25) is 9.59 Å². The lowest BCUT2D eigenvalue weighted by Gasteiger charge is -2.15. The van der Waals surface area contributed by atoms with Gasteiger partial charge in [-0.25, -0.2) is 0 Å². The van der Waals surface area contributed by atoms with E-state index in [1.54, 1.807) is 24.3 Å². The van der Waals surface area contributed by atoms with Gasteiger partial charge in [-0.1, -0.05) is 20.3 Å². The second-order valence-electron chi connectivity index (χ2n) is 5.76. The number of amides is 2. The summed E-state index contributed by atoms with van der Waals surface area (Å²) in [4.78, 5) is 26.0. The third kappa shape index (κ3) is 4.06. The summed E-state index contributed by atoms with van der Waals surface area (Å²) in [6, 6.07) is 7.20. The van der Waals surface area contributed by atoms with Crippen LogP contribution in [0.3, 0.4) is 0 Å². The van der Waals surface area contributed by atoms with Crippen LogP contribution < -0.4 is 5.32 Å². The molecule has 2 amide bonds. The fourth-order valence-corrected chi connectivity index (χ4v) is 2.63. The number of benzene rings is 1. The van der Waals surface area contributed by atoms with Gasteiger partial charge in [0.15, 0.2) is 0 Å². The second kappa shape index (κ2) is 7.25. The van der Waals surface area contributed by atoms with Crippen molar-refractivity contribution in [3.8, 4) is 0 Å². The Hall–Kier alpha value is -1.84. The van der Waals surface area contributed by atoms with Gasteiger partial charge in [0.05, 0.1) is 0 Å². The van der Waals surface area contributed by atoms with Crippen molar-refractivity contribution < 1.29 is 9.59 Å². The van der Waals surface area contributed by atoms with E-state index >= 15 is 0 Å². The highest BCUT2D eigenvalue weighted by molar-refractivity contribution is 5.96. The van der Waals surface area contributed by atoms with E-state index in [2.05, 4.69) is 12.2 Å². The minimum absolute atomic E-state index is 0.0147. The van der Waals surface area contributed by atoms with Crippen LogP contribution in [0.25, 0.3) is 0 Å². The summed E-state index contributed by atoms with van der Waals surface area (Å²) in [5.41, 5.74) is 1.44. The largest absolute Gasteiger partial charge is 0.339 e. The summed E-state index contributed by atoms with van der Waals surface area (Å²) < 4.78 is 0. The first kappa shape index (κ1) is 15.5. The number of nitrogens with zero attached hydrogens (tertiary/aromatic N) is 1. The molecule has 0 aliphatic carbocycles. The minimum Gasteiger partial charge on any atom is -0.339 e. The van der Waals surface area contributed by atoms with E-state index in [4.69, 9.17) is 0 Å². The van der Waals surface area contributed by atoms with Crippen molar-refractivity contribution >= 4 is 17.5 Å². The molecule has 1 aromatic rings. The molecule has 1 N–H and O–H groups in total. The SMILES string of the molecule is CCC[C@@H](C)C(=O)Nc1ccc(C(=O)N2CCCC2)cc1. The van der Waals surface area contributed by atoms with Crippen LogP contribution in [0.1, 0.15) is 49.9 Å². The molecule has 4 heteroatoms. The maximum absolute atomic E-state index is 12.2. The molecule has 1 heterocycles. The molecule has 2 rings (SSSR count). The maximum atomic E-state index is 12.2. The molecule has 1 aliphatic heterocycles. The topological polar surface area (TPSA) is 49.4 Å². The van der Waals surface area contributed by atoms with Crippen molar-refractivity contribution in [3.05, 3.63) is 29.8 Å². The highest BCUT2D eigenvalue weighted by Crippen LogP contribution is 2.16. The highest BCUT2D eigenvalue weighted by Gasteiger charge is 2.19. The van der Waals surface area contributed by atoms with Crippen molar-refractivity contribution in [3.63, 3.8) is 0 Å². The zero-order chi connectivity index (χ0) is 15.2. The van der Waals surface area contributed by atoms with E-state index in [0.29, 0.717) is 5.56 Å². The average molecular weight is 288 g/mol. The van der Waals surface area contributed by atoms with Crippen LogP contribution in [-0.2, 0) is 4.79 Å². The molecule has 0 saturated carbocycles.